The van der Waals surface area contributed by atoms with Gasteiger partial charge in [0.2, 0.25) is 0 Å². The molecule has 23 heavy (non-hydrogen) atoms. The number of aromatic nitrogens is 3. The van der Waals surface area contributed by atoms with E-state index in [4.69, 9.17) is 0 Å². The Bertz CT molecular complexity index is 821. The Morgan fingerprint density at radius 3 is 2.83 bits per heavy atom. The second-order valence-electron chi connectivity index (χ2n) is 5.52. The highest BCUT2D eigenvalue weighted by molar-refractivity contribution is 9.10. The van der Waals surface area contributed by atoms with Crippen LogP contribution in [0.5, 0.6) is 0 Å². The van der Waals surface area contributed by atoms with E-state index in [0.29, 0.717) is 5.69 Å². The van der Waals surface area contributed by atoms with Crippen LogP contribution < -0.4 is 5.32 Å². The van der Waals surface area contributed by atoms with Crippen LogP contribution in [0, 0.1) is 0 Å². The number of benzene rings is 1. The molecule has 0 bridgehead atoms. The second kappa shape index (κ2) is 6.42. The van der Waals surface area contributed by atoms with Gasteiger partial charge in [0.25, 0.3) is 5.91 Å². The number of hydrogen-bond acceptors (Lipinski definition) is 2. The van der Waals surface area contributed by atoms with Gasteiger partial charge in [-0.05, 0) is 54.0 Å². The topological polar surface area (TPSA) is 51.9 Å². The molecule has 118 valence electrons. The molecule has 5 nitrogen and oxygen atoms in total. The summed E-state index contributed by atoms with van der Waals surface area (Å²) in [4.78, 5) is 16.6. The van der Waals surface area contributed by atoms with Crippen molar-refractivity contribution in [1.29, 1.82) is 0 Å². The zero-order valence-corrected chi connectivity index (χ0v) is 14.5. The van der Waals surface area contributed by atoms with Gasteiger partial charge in [0.15, 0.2) is 0 Å². The van der Waals surface area contributed by atoms with Gasteiger partial charge < -0.3 is 14.5 Å². The van der Waals surface area contributed by atoms with E-state index in [1.165, 1.54) is 0 Å². The number of hydrogen-bond donors (Lipinski definition) is 1. The van der Waals surface area contributed by atoms with Crippen LogP contribution in [0.25, 0.3) is 5.69 Å². The first-order valence-electron chi connectivity index (χ1n) is 7.31. The van der Waals surface area contributed by atoms with Crippen LogP contribution in [0.2, 0.25) is 0 Å². The van der Waals surface area contributed by atoms with Crippen molar-refractivity contribution in [2.75, 3.05) is 5.32 Å². The van der Waals surface area contributed by atoms with E-state index < -0.39 is 0 Å². The Labute approximate surface area is 143 Å². The highest BCUT2D eigenvalue weighted by Crippen LogP contribution is 2.21. The van der Waals surface area contributed by atoms with E-state index in [1.54, 1.807) is 12.5 Å². The van der Waals surface area contributed by atoms with Crippen molar-refractivity contribution in [2.24, 2.45) is 0 Å². The maximum absolute atomic E-state index is 12.6. The van der Waals surface area contributed by atoms with Crippen molar-refractivity contribution in [3.8, 4) is 5.69 Å². The van der Waals surface area contributed by atoms with Gasteiger partial charge in [0.05, 0.1) is 6.33 Å². The average molecular weight is 373 g/mol. The second-order valence-corrected chi connectivity index (χ2v) is 6.43. The SMILES string of the molecule is CC(C)n1cc(Br)cc1C(=O)Nc1cccc(-n2ccnc2)c1. The van der Waals surface area contributed by atoms with E-state index in [9.17, 15) is 4.79 Å². The molecule has 0 unspecified atom stereocenters. The van der Waals surface area contributed by atoms with Crippen molar-refractivity contribution in [3.05, 3.63) is 65.4 Å². The maximum Gasteiger partial charge on any atom is 0.272 e. The summed E-state index contributed by atoms with van der Waals surface area (Å²) >= 11 is 3.43. The summed E-state index contributed by atoms with van der Waals surface area (Å²) in [5.41, 5.74) is 2.31. The van der Waals surface area contributed by atoms with E-state index >= 15 is 0 Å². The lowest BCUT2D eigenvalue weighted by Gasteiger charge is -2.13. The van der Waals surface area contributed by atoms with E-state index in [1.807, 2.05) is 65.7 Å². The third kappa shape index (κ3) is 3.37. The molecule has 1 aromatic carbocycles. The predicted octanol–water partition coefficient (Wildman–Crippen LogP) is 4.27. The molecule has 0 saturated carbocycles. The van der Waals surface area contributed by atoms with E-state index in [0.717, 1.165) is 15.8 Å². The summed E-state index contributed by atoms with van der Waals surface area (Å²) < 4.78 is 4.73. The van der Waals surface area contributed by atoms with Gasteiger partial charge in [-0.15, -0.1) is 0 Å². The van der Waals surface area contributed by atoms with Gasteiger partial charge in [-0.25, -0.2) is 4.98 Å². The highest BCUT2D eigenvalue weighted by Gasteiger charge is 2.15. The standard InChI is InChI=1S/C17H17BrN4O/c1-12(2)22-10-13(18)8-16(22)17(23)20-14-4-3-5-15(9-14)21-7-6-19-11-21/h3-12H,1-2H3,(H,20,23). The van der Waals surface area contributed by atoms with Crippen LogP contribution in [0.4, 0.5) is 5.69 Å². The molecule has 0 spiro atoms. The first kappa shape index (κ1) is 15.6. The minimum Gasteiger partial charge on any atom is -0.340 e. The van der Waals surface area contributed by atoms with Gasteiger partial charge in [-0.2, -0.15) is 0 Å². The lowest BCUT2D eigenvalue weighted by Crippen LogP contribution is -2.17. The fourth-order valence-electron chi connectivity index (χ4n) is 2.41. The molecule has 0 aliphatic rings. The molecule has 6 heteroatoms. The molecular formula is C17H17BrN4O. The van der Waals surface area contributed by atoms with Gasteiger partial charge >= 0.3 is 0 Å². The highest BCUT2D eigenvalue weighted by atomic mass is 79.9. The molecule has 1 N–H and O–H groups in total. The van der Waals surface area contributed by atoms with Crippen LogP contribution in [0.1, 0.15) is 30.4 Å². The van der Waals surface area contributed by atoms with Crippen LogP contribution >= 0.6 is 15.9 Å². The summed E-state index contributed by atoms with van der Waals surface area (Å²) in [5, 5.41) is 2.95. The van der Waals surface area contributed by atoms with E-state index in [2.05, 4.69) is 26.2 Å². The fraction of sp³-hybridized carbons (Fsp3) is 0.176. The molecule has 0 fully saturated rings. The Kier molecular flexibility index (Phi) is 4.34. The Morgan fingerprint density at radius 2 is 2.13 bits per heavy atom. The maximum atomic E-state index is 12.6. The zero-order chi connectivity index (χ0) is 16.4. The van der Waals surface area contributed by atoms with Crippen molar-refractivity contribution < 1.29 is 4.79 Å². The lowest BCUT2D eigenvalue weighted by atomic mass is 10.2. The molecule has 2 aromatic heterocycles. The number of nitrogens with one attached hydrogen (secondary N) is 1. The first-order valence-corrected chi connectivity index (χ1v) is 8.11. The molecular weight excluding hydrogens is 356 g/mol. The monoisotopic (exact) mass is 372 g/mol. The van der Waals surface area contributed by atoms with Gasteiger partial charge in [-0.3, -0.25) is 4.79 Å². The predicted molar refractivity (Wildman–Crippen MR) is 94.0 cm³/mol. The van der Waals surface area contributed by atoms with Crippen LogP contribution in [0.15, 0.2) is 59.7 Å². The van der Waals surface area contributed by atoms with Crippen molar-refractivity contribution in [2.45, 2.75) is 19.9 Å². The largest absolute Gasteiger partial charge is 0.340 e. The van der Waals surface area contributed by atoms with Gasteiger partial charge in [0, 0.05) is 40.5 Å². The molecule has 0 saturated heterocycles. The number of rotatable bonds is 4. The molecule has 2 heterocycles. The molecule has 3 aromatic rings. The van der Waals surface area contributed by atoms with Crippen LogP contribution in [-0.2, 0) is 0 Å². The van der Waals surface area contributed by atoms with Gasteiger partial charge in [-0.1, -0.05) is 6.07 Å². The summed E-state index contributed by atoms with van der Waals surface area (Å²) in [6.07, 6.45) is 7.23. The van der Waals surface area contributed by atoms with Crippen molar-refractivity contribution >= 4 is 27.5 Å². The normalized spacial score (nSPS) is 11.0. The molecule has 3 rings (SSSR count). The van der Waals surface area contributed by atoms with Gasteiger partial charge in [0.1, 0.15) is 5.69 Å². The number of halogens is 1. The molecule has 0 atom stereocenters. The number of carbonyl (C=O) groups excluding carboxylic acids is 1. The summed E-state index contributed by atoms with van der Waals surface area (Å²) in [7, 11) is 0. The molecule has 0 radical (unpaired) electrons. The van der Waals surface area contributed by atoms with Crippen LogP contribution in [0.3, 0.4) is 0 Å². The number of anilines is 1. The minimum atomic E-state index is -0.132. The smallest absolute Gasteiger partial charge is 0.272 e. The average Bonchev–Trinajstić information content (AvgIpc) is 3.16. The third-order valence-electron chi connectivity index (χ3n) is 3.51. The van der Waals surface area contributed by atoms with Crippen molar-refractivity contribution in [1.82, 2.24) is 14.1 Å². The number of amides is 1. The number of carbonyl (C=O) groups is 1. The summed E-state index contributed by atoms with van der Waals surface area (Å²) in [6, 6.07) is 9.69. The Morgan fingerprint density at radius 1 is 1.30 bits per heavy atom. The quantitative estimate of drug-likeness (QED) is 0.743. The third-order valence-corrected chi connectivity index (χ3v) is 3.94. The number of nitrogens with zero attached hydrogens (tertiary/aromatic N) is 3. The lowest BCUT2D eigenvalue weighted by molar-refractivity contribution is 0.101. The summed E-state index contributed by atoms with van der Waals surface area (Å²) in [5.74, 6) is -0.132. The molecule has 0 aliphatic carbocycles. The summed E-state index contributed by atoms with van der Waals surface area (Å²) in [6.45, 7) is 4.09. The Balaban J connectivity index is 1.85. The first-order chi connectivity index (χ1) is 11.0. The number of imidazole rings is 1. The van der Waals surface area contributed by atoms with Crippen LogP contribution in [-0.4, -0.2) is 20.0 Å². The zero-order valence-electron chi connectivity index (χ0n) is 12.9. The minimum absolute atomic E-state index is 0.132. The molecule has 1 amide bonds. The fourth-order valence-corrected chi connectivity index (χ4v) is 2.84. The Hall–Kier alpha value is -2.34. The van der Waals surface area contributed by atoms with E-state index in [-0.39, 0.29) is 11.9 Å². The molecule has 0 aliphatic heterocycles. The van der Waals surface area contributed by atoms with Crippen molar-refractivity contribution in [3.63, 3.8) is 0 Å².